The van der Waals surface area contributed by atoms with E-state index in [-0.39, 0.29) is 0 Å². The largest absolute Gasteiger partial charge is 0.379 e. The van der Waals surface area contributed by atoms with E-state index in [1.165, 1.54) is 31.2 Å². The zero-order valence-corrected chi connectivity index (χ0v) is 14.0. The van der Waals surface area contributed by atoms with Crippen molar-refractivity contribution in [3.63, 3.8) is 0 Å². The van der Waals surface area contributed by atoms with E-state index in [4.69, 9.17) is 4.74 Å². The molecule has 0 atom stereocenters. The first-order valence-electron chi connectivity index (χ1n) is 8.51. The molecule has 1 fully saturated rings. The van der Waals surface area contributed by atoms with Gasteiger partial charge in [-0.3, -0.25) is 9.58 Å². The van der Waals surface area contributed by atoms with Crippen LogP contribution in [0.4, 0.5) is 0 Å². The number of hydrogen-bond donors (Lipinski definition) is 0. The summed E-state index contributed by atoms with van der Waals surface area (Å²) < 4.78 is 7.51. The zero-order valence-electron chi connectivity index (χ0n) is 14.0. The molecule has 0 unspecified atom stereocenters. The first kappa shape index (κ1) is 16.5. The van der Waals surface area contributed by atoms with Gasteiger partial charge in [0.05, 0.1) is 26.0 Å². The van der Waals surface area contributed by atoms with Crippen LogP contribution in [0.25, 0.3) is 0 Å². The van der Waals surface area contributed by atoms with Crippen molar-refractivity contribution in [2.45, 2.75) is 58.4 Å². The predicted molar refractivity (Wildman–Crippen MR) is 86.7 cm³/mol. The Kier molecular flexibility index (Phi) is 6.24. The van der Waals surface area contributed by atoms with Crippen LogP contribution in [-0.2, 0) is 16.7 Å². The number of nitrogens with zero attached hydrogens (tertiary/aromatic N) is 3. The van der Waals surface area contributed by atoms with Crippen molar-refractivity contribution in [1.29, 1.82) is 0 Å². The second-order valence-electron chi connectivity index (χ2n) is 6.51. The molecular weight excluding hydrogens is 262 g/mol. The molecule has 0 aromatic carbocycles. The Labute approximate surface area is 129 Å². The maximum absolute atomic E-state index is 5.39. The second kappa shape index (κ2) is 7.95. The van der Waals surface area contributed by atoms with E-state index in [0.29, 0.717) is 5.41 Å². The molecule has 1 aliphatic heterocycles. The van der Waals surface area contributed by atoms with Gasteiger partial charge in [-0.1, -0.05) is 33.6 Å². The Morgan fingerprint density at radius 1 is 1.14 bits per heavy atom. The van der Waals surface area contributed by atoms with E-state index in [0.717, 1.165) is 39.4 Å². The lowest BCUT2D eigenvalue weighted by atomic mass is 9.77. The van der Waals surface area contributed by atoms with E-state index in [2.05, 4.69) is 47.8 Å². The van der Waals surface area contributed by atoms with Crippen molar-refractivity contribution in [2.75, 3.05) is 32.8 Å². The average molecular weight is 293 g/mol. The first-order valence-corrected chi connectivity index (χ1v) is 8.51. The molecule has 2 heterocycles. The molecule has 0 bridgehead atoms. The Morgan fingerprint density at radius 2 is 1.81 bits per heavy atom. The maximum Gasteiger partial charge on any atom is 0.0594 e. The smallest absolute Gasteiger partial charge is 0.0594 e. The van der Waals surface area contributed by atoms with Crippen LogP contribution in [0.15, 0.2) is 12.4 Å². The maximum atomic E-state index is 5.39. The Bertz CT molecular complexity index is 404. The molecule has 120 valence electrons. The Morgan fingerprint density at radius 3 is 2.43 bits per heavy atom. The van der Waals surface area contributed by atoms with Crippen LogP contribution in [0.2, 0.25) is 0 Å². The van der Waals surface area contributed by atoms with Crippen LogP contribution < -0.4 is 0 Å². The summed E-state index contributed by atoms with van der Waals surface area (Å²) in [6.45, 7) is 12.8. The first-order chi connectivity index (χ1) is 10.2. The Balaban J connectivity index is 1.92. The third kappa shape index (κ3) is 4.55. The fourth-order valence-electron chi connectivity index (χ4n) is 3.38. The lowest BCUT2D eigenvalue weighted by Crippen LogP contribution is -2.38. The van der Waals surface area contributed by atoms with Gasteiger partial charge in [0.2, 0.25) is 0 Å². The second-order valence-corrected chi connectivity index (χ2v) is 6.51. The van der Waals surface area contributed by atoms with Crippen LogP contribution >= 0.6 is 0 Å². The monoisotopic (exact) mass is 293 g/mol. The topological polar surface area (TPSA) is 30.3 Å². The van der Waals surface area contributed by atoms with Crippen molar-refractivity contribution in [3.8, 4) is 0 Å². The van der Waals surface area contributed by atoms with Crippen LogP contribution in [0.5, 0.6) is 0 Å². The quantitative estimate of drug-likeness (QED) is 0.738. The SMILES string of the molecule is CCCC(C)(CCC)c1cnn(CCN2CCOCC2)c1. The summed E-state index contributed by atoms with van der Waals surface area (Å²) in [6.07, 6.45) is 9.31. The average Bonchev–Trinajstić information content (AvgIpc) is 2.96. The summed E-state index contributed by atoms with van der Waals surface area (Å²) in [6, 6.07) is 0. The number of ether oxygens (including phenoxy) is 1. The molecule has 1 aliphatic rings. The van der Waals surface area contributed by atoms with E-state index in [1.807, 2.05) is 0 Å². The highest BCUT2D eigenvalue weighted by molar-refractivity contribution is 5.18. The van der Waals surface area contributed by atoms with Crippen molar-refractivity contribution in [1.82, 2.24) is 14.7 Å². The molecule has 1 aromatic rings. The summed E-state index contributed by atoms with van der Waals surface area (Å²) in [4.78, 5) is 2.46. The molecule has 21 heavy (non-hydrogen) atoms. The molecule has 0 aliphatic carbocycles. The minimum atomic E-state index is 0.292. The van der Waals surface area contributed by atoms with Crippen LogP contribution in [0.3, 0.4) is 0 Å². The van der Waals surface area contributed by atoms with Gasteiger partial charge < -0.3 is 4.74 Å². The van der Waals surface area contributed by atoms with Gasteiger partial charge in [-0.2, -0.15) is 5.10 Å². The van der Waals surface area contributed by atoms with Crippen LogP contribution in [-0.4, -0.2) is 47.5 Å². The number of rotatable bonds is 8. The van der Waals surface area contributed by atoms with Gasteiger partial charge in [0.15, 0.2) is 0 Å². The van der Waals surface area contributed by atoms with Gasteiger partial charge >= 0.3 is 0 Å². The third-order valence-electron chi connectivity index (χ3n) is 4.68. The van der Waals surface area contributed by atoms with Crippen molar-refractivity contribution >= 4 is 0 Å². The van der Waals surface area contributed by atoms with E-state index in [1.54, 1.807) is 0 Å². The van der Waals surface area contributed by atoms with E-state index < -0.39 is 0 Å². The van der Waals surface area contributed by atoms with Gasteiger partial charge in [0, 0.05) is 25.8 Å². The standard InChI is InChI=1S/C17H31N3O/c1-4-6-17(3,7-5-2)16-14-18-20(15-16)9-8-19-10-12-21-13-11-19/h14-15H,4-13H2,1-3H3. The molecule has 1 aromatic heterocycles. The summed E-state index contributed by atoms with van der Waals surface area (Å²) in [7, 11) is 0. The minimum Gasteiger partial charge on any atom is -0.379 e. The van der Waals surface area contributed by atoms with Crippen LogP contribution in [0.1, 0.15) is 52.0 Å². The van der Waals surface area contributed by atoms with E-state index in [9.17, 15) is 0 Å². The summed E-state index contributed by atoms with van der Waals surface area (Å²) in [5, 5.41) is 4.59. The molecule has 0 amide bonds. The van der Waals surface area contributed by atoms with Gasteiger partial charge in [-0.05, 0) is 23.8 Å². The van der Waals surface area contributed by atoms with E-state index >= 15 is 0 Å². The summed E-state index contributed by atoms with van der Waals surface area (Å²) in [5.74, 6) is 0. The fourth-order valence-corrected chi connectivity index (χ4v) is 3.38. The molecular formula is C17H31N3O. The molecule has 1 saturated heterocycles. The summed E-state index contributed by atoms with van der Waals surface area (Å²) in [5.41, 5.74) is 1.70. The van der Waals surface area contributed by atoms with Gasteiger partial charge in [-0.25, -0.2) is 0 Å². The number of hydrogen-bond acceptors (Lipinski definition) is 3. The highest BCUT2D eigenvalue weighted by Gasteiger charge is 2.26. The lowest BCUT2D eigenvalue weighted by Gasteiger charge is -2.28. The van der Waals surface area contributed by atoms with Gasteiger partial charge in [0.1, 0.15) is 0 Å². The molecule has 2 rings (SSSR count). The molecule has 4 nitrogen and oxygen atoms in total. The van der Waals surface area contributed by atoms with Crippen molar-refractivity contribution < 1.29 is 4.74 Å². The molecule has 0 spiro atoms. The summed E-state index contributed by atoms with van der Waals surface area (Å²) >= 11 is 0. The van der Waals surface area contributed by atoms with Crippen molar-refractivity contribution in [3.05, 3.63) is 18.0 Å². The number of aromatic nitrogens is 2. The van der Waals surface area contributed by atoms with Gasteiger partial charge in [0.25, 0.3) is 0 Å². The molecule has 4 heteroatoms. The zero-order chi connectivity index (χ0) is 15.1. The predicted octanol–water partition coefficient (Wildman–Crippen LogP) is 3.07. The molecule has 0 radical (unpaired) electrons. The highest BCUT2D eigenvalue weighted by atomic mass is 16.5. The van der Waals surface area contributed by atoms with Crippen molar-refractivity contribution in [2.24, 2.45) is 0 Å². The minimum absolute atomic E-state index is 0.292. The molecule has 0 N–H and O–H groups in total. The number of morpholine rings is 1. The highest BCUT2D eigenvalue weighted by Crippen LogP contribution is 2.33. The fraction of sp³-hybridized carbons (Fsp3) is 0.824. The third-order valence-corrected chi connectivity index (χ3v) is 4.68. The Hall–Kier alpha value is -0.870. The lowest BCUT2D eigenvalue weighted by molar-refractivity contribution is 0.0359. The molecule has 0 saturated carbocycles. The van der Waals surface area contributed by atoms with Crippen LogP contribution in [0, 0.1) is 0 Å². The van der Waals surface area contributed by atoms with Gasteiger partial charge in [-0.15, -0.1) is 0 Å². The normalized spacial score (nSPS) is 17.3.